The van der Waals surface area contributed by atoms with E-state index in [2.05, 4.69) is 0 Å². The van der Waals surface area contributed by atoms with Crippen LogP contribution in [0.25, 0.3) is 0 Å². The summed E-state index contributed by atoms with van der Waals surface area (Å²) in [4.78, 5) is 0. The average Bonchev–Trinajstić information content (AvgIpc) is 2.09. The largest absolute Gasteiger partial charge is 0.321 e. The van der Waals surface area contributed by atoms with Crippen molar-refractivity contribution in [3.05, 3.63) is 46.5 Å². The van der Waals surface area contributed by atoms with Gasteiger partial charge in [-0.3, -0.25) is 0 Å². The minimum atomic E-state index is -0.594. The van der Waals surface area contributed by atoms with Gasteiger partial charge >= 0.3 is 0 Å². The fraction of sp³-hybridized carbons (Fsp3) is 0.333. The Bertz CT molecular complexity index is 393. The fourth-order valence-corrected chi connectivity index (χ4v) is 1.38. The zero-order valence-electron chi connectivity index (χ0n) is 9.14. The van der Waals surface area contributed by atoms with Gasteiger partial charge in [0, 0.05) is 11.6 Å². The molecule has 0 spiro atoms. The SMILES string of the molecule is CC(C)=CC(N)c1cc(C)c(F)cc1F. The Morgan fingerprint density at radius 1 is 1.27 bits per heavy atom. The molecule has 0 aliphatic carbocycles. The van der Waals surface area contributed by atoms with E-state index >= 15 is 0 Å². The van der Waals surface area contributed by atoms with Gasteiger partial charge < -0.3 is 5.73 Å². The van der Waals surface area contributed by atoms with Crippen molar-refractivity contribution in [1.29, 1.82) is 0 Å². The molecule has 1 atom stereocenters. The van der Waals surface area contributed by atoms with Crippen molar-refractivity contribution in [1.82, 2.24) is 0 Å². The Morgan fingerprint density at radius 3 is 2.40 bits per heavy atom. The lowest BCUT2D eigenvalue weighted by Gasteiger charge is -2.10. The molecule has 0 saturated carbocycles. The van der Waals surface area contributed by atoms with Gasteiger partial charge in [-0.15, -0.1) is 0 Å². The Kier molecular flexibility index (Phi) is 3.58. The second-order valence-corrected chi connectivity index (χ2v) is 3.89. The van der Waals surface area contributed by atoms with E-state index < -0.39 is 17.7 Å². The molecule has 0 aliphatic rings. The molecule has 15 heavy (non-hydrogen) atoms. The first-order valence-electron chi connectivity index (χ1n) is 4.78. The lowest BCUT2D eigenvalue weighted by molar-refractivity contribution is 0.562. The number of benzene rings is 1. The standard InChI is InChI=1S/C12H15F2N/c1-7(2)4-12(15)9-5-8(3)10(13)6-11(9)14/h4-6,12H,15H2,1-3H3. The number of nitrogens with two attached hydrogens (primary N) is 1. The first-order chi connectivity index (χ1) is 6.91. The number of aryl methyl sites for hydroxylation is 1. The van der Waals surface area contributed by atoms with Crippen LogP contribution in [0.15, 0.2) is 23.8 Å². The van der Waals surface area contributed by atoms with Gasteiger partial charge in [-0.05, 0) is 32.4 Å². The lowest BCUT2D eigenvalue weighted by atomic mass is 10.0. The van der Waals surface area contributed by atoms with Crippen LogP contribution in [0, 0.1) is 18.6 Å². The summed E-state index contributed by atoms with van der Waals surface area (Å²) in [6, 6.07) is 1.81. The first-order valence-corrected chi connectivity index (χ1v) is 4.78. The van der Waals surface area contributed by atoms with Crippen LogP contribution in [-0.4, -0.2) is 0 Å². The third-order valence-electron chi connectivity index (χ3n) is 2.15. The molecule has 82 valence electrons. The van der Waals surface area contributed by atoms with Gasteiger partial charge in [-0.2, -0.15) is 0 Å². The number of rotatable bonds is 2. The highest BCUT2D eigenvalue weighted by Crippen LogP contribution is 2.20. The summed E-state index contributed by atoms with van der Waals surface area (Å²) in [5.74, 6) is -1.14. The maximum Gasteiger partial charge on any atom is 0.131 e. The Hall–Kier alpha value is -1.22. The van der Waals surface area contributed by atoms with Crippen LogP contribution in [0.4, 0.5) is 8.78 Å². The van der Waals surface area contributed by atoms with Gasteiger partial charge in [0.2, 0.25) is 0 Å². The summed E-state index contributed by atoms with van der Waals surface area (Å²) in [6.45, 7) is 5.36. The van der Waals surface area contributed by atoms with E-state index in [1.165, 1.54) is 6.07 Å². The smallest absolute Gasteiger partial charge is 0.131 e. The molecule has 0 aliphatic heterocycles. The van der Waals surface area contributed by atoms with Crippen LogP contribution in [-0.2, 0) is 0 Å². The highest BCUT2D eigenvalue weighted by Gasteiger charge is 2.11. The molecule has 1 nitrogen and oxygen atoms in total. The van der Waals surface area contributed by atoms with Crippen molar-refractivity contribution < 1.29 is 8.78 Å². The molecule has 0 aromatic heterocycles. The van der Waals surface area contributed by atoms with Crippen molar-refractivity contribution in [2.24, 2.45) is 5.73 Å². The van der Waals surface area contributed by atoms with Crippen molar-refractivity contribution >= 4 is 0 Å². The minimum Gasteiger partial charge on any atom is -0.321 e. The van der Waals surface area contributed by atoms with E-state index in [9.17, 15) is 8.78 Å². The molecule has 0 radical (unpaired) electrons. The van der Waals surface area contributed by atoms with Gasteiger partial charge in [0.25, 0.3) is 0 Å². The third kappa shape index (κ3) is 2.86. The molecule has 3 heteroatoms. The van der Waals surface area contributed by atoms with Crippen LogP contribution >= 0.6 is 0 Å². The monoisotopic (exact) mass is 211 g/mol. The van der Waals surface area contributed by atoms with E-state index in [1.54, 1.807) is 13.0 Å². The van der Waals surface area contributed by atoms with Gasteiger partial charge in [0.05, 0.1) is 6.04 Å². The lowest BCUT2D eigenvalue weighted by Crippen LogP contribution is -2.10. The molecule has 0 amide bonds. The van der Waals surface area contributed by atoms with E-state index in [0.29, 0.717) is 11.1 Å². The molecule has 1 unspecified atom stereocenters. The molecule has 0 fully saturated rings. The van der Waals surface area contributed by atoms with Crippen molar-refractivity contribution in [3.8, 4) is 0 Å². The summed E-state index contributed by atoms with van der Waals surface area (Å²) in [5.41, 5.74) is 7.52. The van der Waals surface area contributed by atoms with E-state index in [1.807, 2.05) is 13.8 Å². The molecule has 2 N–H and O–H groups in total. The van der Waals surface area contributed by atoms with E-state index in [4.69, 9.17) is 5.73 Å². The first kappa shape index (κ1) is 11.9. The molecule has 1 aromatic carbocycles. The molecule has 0 heterocycles. The van der Waals surface area contributed by atoms with Gasteiger partial charge in [0.15, 0.2) is 0 Å². The molecular formula is C12H15F2N. The summed E-state index contributed by atoms with van der Waals surface area (Å²) in [5, 5.41) is 0. The van der Waals surface area contributed by atoms with Crippen LogP contribution in [0.5, 0.6) is 0 Å². The maximum absolute atomic E-state index is 13.4. The fourth-order valence-electron chi connectivity index (χ4n) is 1.38. The van der Waals surface area contributed by atoms with Crippen LogP contribution in [0.2, 0.25) is 0 Å². The second-order valence-electron chi connectivity index (χ2n) is 3.89. The van der Waals surface area contributed by atoms with Gasteiger partial charge in [-0.1, -0.05) is 11.6 Å². The van der Waals surface area contributed by atoms with E-state index in [-0.39, 0.29) is 0 Å². The van der Waals surface area contributed by atoms with E-state index in [0.717, 1.165) is 11.6 Å². The van der Waals surface area contributed by atoms with Gasteiger partial charge in [0.1, 0.15) is 11.6 Å². The summed E-state index contributed by atoms with van der Waals surface area (Å²) >= 11 is 0. The predicted molar refractivity (Wildman–Crippen MR) is 57.5 cm³/mol. The third-order valence-corrected chi connectivity index (χ3v) is 2.15. The van der Waals surface area contributed by atoms with Crippen molar-refractivity contribution in [2.75, 3.05) is 0 Å². The Morgan fingerprint density at radius 2 is 1.87 bits per heavy atom. The number of hydrogen-bond acceptors (Lipinski definition) is 1. The summed E-state index contributed by atoms with van der Waals surface area (Å²) in [6.07, 6.45) is 1.75. The number of halogens is 2. The van der Waals surface area contributed by atoms with Crippen LogP contribution in [0.3, 0.4) is 0 Å². The summed E-state index contributed by atoms with van der Waals surface area (Å²) in [7, 11) is 0. The Labute approximate surface area is 88.6 Å². The minimum absolute atomic E-state index is 0.329. The quantitative estimate of drug-likeness (QED) is 0.747. The predicted octanol–water partition coefficient (Wildman–Crippen LogP) is 3.24. The number of hydrogen-bond donors (Lipinski definition) is 1. The maximum atomic E-state index is 13.4. The number of allylic oxidation sites excluding steroid dienone is 1. The average molecular weight is 211 g/mol. The molecule has 1 aromatic rings. The van der Waals surface area contributed by atoms with Crippen LogP contribution in [0.1, 0.15) is 31.0 Å². The Balaban J connectivity index is 3.15. The summed E-state index contributed by atoms with van der Waals surface area (Å²) < 4.78 is 26.4. The van der Waals surface area contributed by atoms with Crippen molar-refractivity contribution in [3.63, 3.8) is 0 Å². The molecule has 0 bridgehead atoms. The van der Waals surface area contributed by atoms with Gasteiger partial charge in [-0.25, -0.2) is 8.78 Å². The zero-order valence-corrected chi connectivity index (χ0v) is 9.14. The molecular weight excluding hydrogens is 196 g/mol. The normalized spacial score (nSPS) is 12.4. The molecule has 1 rings (SSSR count). The van der Waals surface area contributed by atoms with Crippen molar-refractivity contribution in [2.45, 2.75) is 26.8 Å². The highest BCUT2D eigenvalue weighted by molar-refractivity contribution is 5.30. The second kappa shape index (κ2) is 4.53. The topological polar surface area (TPSA) is 26.0 Å². The van der Waals surface area contributed by atoms with Crippen LogP contribution < -0.4 is 5.73 Å². The highest BCUT2D eigenvalue weighted by atomic mass is 19.1. The molecule has 0 saturated heterocycles. The zero-order chi connectivity index (χ0) is 11.6.